The fourth-order valence-corrected chi connectivity index (χ4v) is 11.1. The molecule has 135 heavy (non-hydrogen) atoms. The smallest absolute Gasteiger partial charge is 0.329 e. The van der Waals surface area contributed by atoms with E-state index < -0.39 is 109 Å². The number of carboxylic acid groups (broad SMARTS) is 4. The maximum atomic E-state index is 13.1. The van der Waals surface area contributed by atoms with Gasteiger partial charge in [-0.3, -0.25) is 33.6 Å². The first-order valence-electron chi connectivity index (χ1n) is 44.9. The molecule has 0 aliphatic rings. The second-order valence-corrected chi connectivity index (χ2v) is 29.3. The van der Waals surface area contributed by atoms with Gasteiger partial charge < -0.3 is 141 Å². The normalized spacial score (nSPS) is 11.8. The summed E-state index contributed by atoms with van der Waals surface area (Å²) < 4.78 is 84.2. The average molecular weight is 2140 g/mol. The number of carbonyl (C=O) groups excluding carboxylic acids is 11. The molecule has 0 unspecified atom stereocenters. The van der Waals surface area contributed by atoms with Crippen LogP contribution in [0, 0.1) is 31.1 Å². The number of esters is 4. The molecule has 4 rings (SSSR count). The summed E-state index contributed by atoms with van der Waals surface area (Å²) in [6, 6.07) is 18.9. The number of hydrogen-bond donors (Lipinski definition) is 14. The number of urea groups is 3. The van der Waals surface area contributed by atoms with Crippen molar-refractivity contribution in [2.75, 3.05) is 134 Å². The Bertz CT molecular complexity index is 4070. The van der Waals surface area contributed by atoms with Gasteiger partial charge >= 0.3 is 65.8 Å². The summed E-state index contributed by atoms with van der Waals surface area (Å²) in [5.41, 5.74) is 10.3. The van der Waals surface area contributed by atoms with Crippen molar-refractivity contribution in [3.8, 4) is 23.0 Å². The zero-order valence-electron chi connectivity index (χ0n) is 80.5. The zero-order chi connectivity index (χ0) is 101. The minimum atomic E-state index is -1.46. The van der Waals surface area contributed by atoms with E-state index in [1.165, 1.54) is 13.8 Å². The third-order valence-electron chi connectivity index (χ3n) is 18.4. The van der Waals surface area contributed by atoms with Crippen molar-refractivity contribution in [3.63, 3.8) is 0 Å². The quantitative estimate of drug-likeness (QED) is 0.0131. The molecular weight excluding hydrogens is 2000 g/mol. The molecule has 4 aromatic rings. The molecule has 0 aliphatic heterocycles. The van der Waals surface area contributed by atoms with Gasteiger partial charge in [0.05, 0.1) is 108 Å². The molecule has 18 N–H and O–H groups in total. The number of methoxy groups -OCH3 is 4. The van der Waals surface area contributed by atoms with Gasteiger partial charge in [0.25, 0.3) is 0 Å². The van der Waals surface area contributed by atoms with Crippen LogP contribution >= 0.6 is 0 Å². The topological polar surface area (TPSA) is 618 Å². The van der Waals surface area contributed by atoms with Crippen molar-refractivity contribution < 1.29 is 201 Å². The molecule has 1 radical (unpaired) electrons. The number of unbranched alkanes of at least 4 members (excludes halogenated alkanes) is 3. The number of ketones is 2. The van der Waals surface area contributed by atoms with Gasteiger partial charge in [0, 0.05) is 76.7 Å². The Morgan fingerprint density at radius 2 is 0.637 bits per heavy atom. The first-order chi connectivity index (χ1) is 65.2. The van der Waals surface area contributed by atoms with Crippen LogP contribution < -0.4 is 72.9 Å². The van der Waals surface area contributed by atoms with Crippen LogP contribution in [0.2, 0.25) is 0 Å². The van der Waals surface area contributed by atoms with Crippen molar-refractivity contribution in [3.05, 3.63) is 119 Å². The van der Waals surface area contributed by atoms with E-state index >= 15 is 0 Å². The Morgan fingerprint density at radius 3 is 0.941 bits per heavy atom. The predicted molar refractivity (Wildman–Crippen MR) is 486 cm³/mol. The second kappa shape index (κ2) is 80.0. The summed E-state index contributed by atoms with van der Waals surface area (Å²) in [7, 11) is 6.71. The number of rotatable bonds is 68. The Balaban J connectivity index is 0. The number of ether oxygens (including phenoxy) is 14. The van der Waals surface area contributed by atoms with Crippen LogP contribution in [0.5, 0.6) is 23.0 Å². The Morgan fingerprint density at radius 1 is 0.348 bits per heavy atom. The maximum absolute atomic E-state index is 13.1. The van der Waals surface area contributed by atoms with Gasteiger partial charge in [-0.25, -0.2) is 38.4 Å². The van der Waals surface area contributed by atoms with Crippen molar-refractivity contribution in [2.45, 2.75) is 200 Å². The molecule has 0 bridgehead atoms. The molecule has 6 atom stereocenters. The summed E-state index contributed by atoms with van der Waals surface area (Å²) in [5.74, 6) is -5.89. The molecule has 0 saturated heterocycles. The maximum Gasteiger partial charge on any atom is 0.329 e. The first kappa shape index (κ1) is 122. The molecular formula is C90H140BN10O33U+2. The number of Topliss-reactive ketones (excluding diaryl/α,β-unsaturated/α-hetero) is 2. The van der Waals surface area contributed by atoms with Crippen molar-refractivity contribution in [1.82, 2.24) is 42.5 Å². The molecule has 0 fully saturated rings. The SMILES string of the molecule is CCCOCCOCC(=O)NCCCC[C@H](NC(=O)N[C@@H](CCC(=O)OCc1ccc(OC)cc1)C(=O)OCc1ccc(OC)cc1)C(C)=O.CCCOCCOCC(=O)O.COc1ccc(COC(=O)CC[C@H](NC(=O)N[C@@H](CCCC[NH3+])C(C)=O)C(=O)OCc2ccc(OC)cc2)cc1.[3H][B][3H].[NH3+]CCOCCOCC(=O)NCCCC[C@H](NC(=O)N[C@@H](CCC(=O)O)C(=O)O)C(=O)O.[U]. The van der Waals surface area contributed by atoms with Gasteiger partial charge in [-0.2, -0.15) is 0 Å². The summed E-state index contributed by atoms with van der Waals surface area (Å²) in [6.45, 7) is 12.5. The van der Waals surface area contributed by atoms with E-state index in [-0.39, 0.29) is 152 Å². The molecule has 0 aliphatic carbocycles. The van der Waals surface area contributed by atoms with Gasteiger partial charge in [-0.15, -0.1) is 0 Å². The molecule has 0 spiro atoms. The minimum absolute atomic E-state index is 0. The van der Waals surface area contributed by atoms with E-state index in [1.54, 1.807) is 126 Å². The molecule has 45 heteroatoms. The van der Waals surface area contributed by atoms with Crippen molar-refractivity contribution in [1.29, 1.82) is 2.67 Å². The van der Waals surface area contributed by atoms with E-state index in [1.807, 2.05) is 13.8 Å². The summed E-state index contributed by atoms with van der Waals surface area (Å²) in [6.07, 6.45) is 4.87. The summed E-state index contributed by atoms with van der Waals surface area (Å²) >= 11 is 0. The number of quaternary nitrogens is 2. The number of carbonyl (C=O) groups is 15. The molecule has 0 heterocycles. The van der Waals surface area contributed by atoms with E-state index in [0.29, 0.717) is 141 Å². The number of hydrogen-bond acceptors (Lipinski definition) is 29. The number of nitrogens with one attached hydrogen (secondary N) is 8. The fraction of sp³-hybridized carbons (Fsp3) is 0.567. The number of aliphatic carboxylic acids is 4. The Labute approximate surface area is 815 Å². The standard InChI is InChI=1S/C36H51N3O11.C29H39N3O8.C18H32N4O10.C7H14O4.BH2.U/c1-5-20-47-21-22-48-25-33(41)37-19-7-6-8-31(26(2)40)38-36(44)39-32(35(43)50-24-28-11-15-30(46-4)16-12-28)17-18-34(42)49-23-27-9-13-29(45-3)14-10-27;1-20(33)25(6-4-5-17-30)31-29(36)32-26(28(35)40-19-22-9-13-24(38-3)14-10-22)15-16-27(34)39-18-21-7-11-23(37-2)12-8-21;19-6-8-31-9-10-32-11-14(23)20-7-2-1-3-12(16(26)27)21-18(30)22-13(17(28)29)4-5-15(24)25;1-2-3-10-4-5-11-6-7(8)9;;/h9-16,31-32H,5-8,17-25H2,1-4H3,(H,37,41)(H2,38,39,44);7-14,25-26H,4-6,15-19,30H2,1-3H3,(H2,31,32,36);12-13H,1-11,19H2,(H,20,23)(H,24,25)(H,26,27)(H,28,29)(H2,21,22,30);2-6H2,1H3,(H,8,9);1H2;/p+2/t31-,32-;25-,26-;12-,13-;;;/m000.../s1/i;;;;1T2;. The van der Waals surface area contributed by atoms with E-state index in [0.717, 1.165) is 48.9 Å². The molecule has 4 aromatic carbocycles. The monoisotopic (exact) mass is 2140 g/mol. The van der Waals surface area contributed by atoms with Crippen LogP contribution in [0.25, 0.3) is 0 Å². The average Bonchev–Trinajstić information content (AvgIpc) is 0.885. The zero-order valence-corrected chi connectivity index (χ0v) is 82.6. The van der Waals surface area contributed by atoms with Crippen LogP contribution in [-0.4, -0.2) is 291 Å². The van der Waals surface area contributed by atoms with E-state index in [9.17, 15) is 77.0 Å². The number of amides is 8. The summed E-state index contributed by atoms with van der Waals surface area (Å²) in [5, 5.41) is 54.9. The molecule has 0 aromatic heterocycles. The Hall–Kier alpha value is -11.3. The predicted octanol–water partition coefficient (Wildman–Crippen LogP) is 3.15. The number of benzene rings is 4. The van der Waals surface area contributed by atoms with Gasteiger partial charge in [0.15, 0.2) is 11.6 Å². The van der Waals surface area contributed by atoms with Gasteiger partial charge in [0.1, 0.15) is 93.4 Å². The van der Waals surface area contributed by atoms with Crippen molar-refractivity contribution in [2.24, 2.45) is 0 Å². The fourth-order valence-electron chi connectivity index (χ4n) is 11.1. The van der Waals surface area contributed by atoms with Crippen LogP contribution in [-0.2, 0) is 131 Å². The van der Waals surface area contributed by atoms with Crippen LogP contribution in [0.15, 0.2) is 97.1 Å². The Kier molecular flexibility index (Phi) is 72.2. The van der Waals surface area contributed by atoms with E-state index in [2.05, 4.69) is 54.0 Å². The molecule has 0 saturated carbocycles. The second-order valence-electron chi connectivity index (χ2n) is 29.3. The third kappa shape index (κ3) is 65.9. The first-order valence-corrected chi connectivity index (χ1v) is 43.7. The van der Waals surface area contributed by atoms with Crippen LogP contribution in [0.3, 0.4) is 0 Å². The van der Waals surface area contributed by atoms with Gasteiger partial charge in [-0.05, 0) is 177 Å². The van der Waals surface area contributed by atoms with Gasteiger partial charge in [-0.1, -0.05) is 62.4 Å². The summed E-state index contributed by atoms with van der Waals surface area (Å²) in [4.78, 5) is 179. The molecule has 753 valence electrons. The largest absolute Gasteiger partial charge is 0.497 e. The van der Waals surface area contributed by atoms with E-state index in [4.69, 9.17) is 84.3 Å². The van der Waals surface area contributed by atoms with Gasteiger partial charge in [0.2, 0.25) is 11.8 Å². The van der Waals surface area contributed by atoms with Crippen LogP contribution in [0.4, 0.5) is 14.4 Å². The molecule has 8 amide bonds. The molecule has 43 nitrogen and oxygen atoms in total. The van der Waals surface area contributed by atoms with Crippen molar-refractivity contribution >= 4 is 97.6 Å². The van der Waals surface area contributed by atoms with Crippen LogP contribution in [0.1, 0.15) is 159 Å². The minimum Gasteiger partial charge on any atom is -0.497 e. The number of carboxylic acids is 4. The third-order valence-corrected chi connectivity index (χ3v) is 18.4.